The van der Waals surface area contributed by atoms with Crippen LogP contribution in [0, 0.1) is 0 Å². The van der Waals surface area contributed by atoms with E-state index in [1.165, 1.54) is 34.6 Å². The lowest BCUT2D eigenvalue weighted by atomic mass is 10.00. The maximum Gasteiger partial charge on any atom is 0.242 e. The van der Waals surface area contributed by atoms with Crippen molar-refractivity contribution in [2.75, 3.05) is 0 Å². The summed E-state index contributed by atoms with van der Waals surface area (Å²) in [5.41, 5.74) is 0. The van der Waals surface area contributed by atoms with Gasteiger partial charge in [0.15, 0.2) is 12.1 Å². The molecular formula is C16H28N2O8. The van der Waals surface area contributed by atoms with Crippen LogP contribution in [0.15, 0.2) is 0 Å². The quantitative estimate of drug-likeness (QED) is 0.336. The summed E-state index contributed by atoms with van der Waals surface area (Å²) >= 11 is 0. The lowest BCUT2D eigenvalue weighted by Gasteiger charge is -2.40. The number of carbonyl (C=O) groups excluding carboxylic acids is 3. The zero-order valence-corrected chi connectivity index (χ0v) is 15.5. The molecule has 2 amide bonds. The minimum Gasteiger partial charge on any atom is -0.388 e. The van der Waals surface area contributed by atoms with Crippen LogP contribution in [0.5, 0.6) is 0 Å². The molecule has 0 radical (unpaired) electrons. The number of aliphatic hydroxyl groups is 3. The molecular weight excluding hydrogens is 348 g/mol. The van der Waals surface area contributed by atoms with Gasteiger partial charge in [0.05, 0.1) is 12.2 Å². The van der Waals surface area contributed by atoms with Gasteiger partial charge in [-0.15, -0.1) is 0 Å². The predicted molar refractivity (Wildman–Crippen MR) is 88.8 cm³/mol. The Balaban J connectivity index is 2.76. The van der Waals surface area contributed by atoms with Crippen molar-refractivity contribution in [3.8, 4) is 0 Å². The fourth-order valence-corrected chi connectivity index (χ4v) is 2.61. The molecule has 5 N–H and O–H groups in total. The number of rotatable bonds is 7. The molecule has 10 heteroatoms. The normalized spacial score (nSPS) is 32.2. The first-order valence-corrected chi connectivity index (χ1v) is 8.38. The number of Topliss-reactive ketones (excluding diaryl/α,β-unsaturated/α-hetero) is 1. The van der Waals surface area contributed by atoms with Gasteiger partial charge in [0.1, 0.15) is 30.4 Å². The van der Waals surface area contributed by atoms with E-state index in [0.29, 0.717) is 0 Å². The highest BCUT2D eigenvalue weighted by atomic mass is 16.7. The predicted octanol–water partition coefficient (Wildman–Crippen LogP) is -2.18. The van der Waals surface area contributed by atoms with E-state index in [1.807, 2.05) is 0 Å². The fourth-order valence-electron chi connectivity index (χ4n) is 2.61. The summed E-state index contributed by atoms with van der Waals surface area (Å²) in [6.07, 6.45) is -7.26. The number of hydrogen-bond donors (Lipinski definition) is 5. The zero-order chi connectivity index (χ0) is 20.2. The molecule has 26 heavy (non-hydrogen) atoms. The third-order valence-electron chi connectivity index (χ3n) is 4.18. The molecule has 0 aromatic heterocycles. The standard InChI is InChI=1S/C16H28N2O8/c1-6(17-10(5)20)15(24)18-11(7(2)19)8(3)25-16-14(23)13(22)12(21)9(4)26-16/h6,8-9,11-14,16,21-23H,1-5H3,(H,17,20)(H,18,24)/t6-,8?,9?,11+,12+,13?,14?,16+/m0/s1. The Hall–Kier alpha value is -1.59. The van der Waals surface area contributed by atoms with Gasteiger partial charge < -0.3 is 35.4 Å². The van der Waals surface area contributed by atoms with Crippen molar-refractivity contribution in [2.24, 2.45) is 0 Å². The molecule has 10 nitrogen and oxygen atoms in total. The second kappa shape index (κ2) is 9.38. The Bertz CT molecular complexity index is 528. The van der Waals surface area contributed by atoms with Crippen molar-refractivity contribution >= 4 is 17.6 Å². The summed E-state index contributed by atoms with van der Waals surface area (Å²) in [6.45, 7) is 6.98. The van der Waals surface area contributed by atoms with Crippen LogP contribution in [0.3, 0.4) is 0 Å². The Labute approximate surface area is 151 Å². The first-order valence-electron chi connectivity index (χ1n) is 8.38. The van der Waals surface area contributed by atoms with E-state index in [1.54, 1.807) is 0 Å². The van der Waals surface area contributed by atoms with Gasteiger partial charge in [0.25, 0.3) is 0 Å². The number of amides is 2. The number of aliphatic hydroxyl groups excluding tert-OH is 3. The molecule has 4 unspecified atom stereocenters. The first kappa shape index (κ1) is 22.5. The van der Waals surface area contributed by atoms with E-state index in [9.17, 15) is 29.7 Å². The van der Waals surface area contributed by atoms with E-state index in [0.717, 1.165) is 0 Å². The zero-order valence-electron chi connectivity index (χ0n) is 15.5. The van der Waals surface area contributed by atoms with Gasteiger partial charge in [0.2, 0.25) is 11.8 Å². The maximum atomic E-state index is 12.1. The third-order valence-corrected chi connectivity index (χ3v) is 4.18. The molecule has 1 rings (SSSR count). The van der Waals surface area contributed by atoms with Crippen LogP contribution in [0.4, 0.5) is 0 Å². The van der Waals surface area contributed by atoms with Crippen molar-refractivity contribution in [1.29, 1.82) is 0 Å². The molecule has 0 bridgehead atoms. The number of nitrogens with one attached hydrogen (secondary N) is 2. The minimum atomic E-state index is -1.52. The smallest absolute Gasteiger partial charge is 0.242 e. The van der Waals surface area contributed by atoms with Gasteiger partial charge >= 0.3 is 0 Å². The van der Waals surface area contributed by atoms with Gasteiger partial charge in [0, 0.05) is 6.92 Å². The summed E-state index contributed by atoms with van der Waals surface area (Å²) in [7, 11) is 0. The number of carbonyl (C=O) groups is 3. The van der Waals surface area contributed by atoms with Crippen LogP contribution in [-0.4, -0.2) is 81.8 Å². The van der Waals surface area contributed by atoms with Crippen LogP contribution >= 0.6 is 0 Å². The van der Waals surface area contributed by atoms with Crippen LogP contribution in [0.2, 0.25) is 0 Å². The first-order chi connectivity index (χ1) is 12.0. The largest absolute Gasteiger partial charge is 0.388 e. The Kier molecular flexibility index (Phi) is 8.10. The van der Waals surface area contributed by atoms with E-state index in [-0.39, 0.29) is 0 Å². The van der Waals surface area contributed by atoms with E-state index in [2.05, 4.69) is 10.6 Å². The lowest BCUT2D eigenvalue weighted by molar-refractivity contribution is -0.303. The number of ether oxygens (including phenoxy) is 2. The molecule has 8 atom stereocenters. The summed E-state index contributed by atoms with van der Waals surface area (Å²) in [4.78, 5) is 35.0. The summed E-state index contributed by atoms with van der Waals surface area (Å²) < 4.78 is 10.8. The molecule has 1 aliphatic rings. The highest BCUT2D eigenvalue weighted by Gasteiger charge is 2.44. The minimum absolute atomic E-state index is 0.392. The van der Waals surface area contributed by atoms with Gasteiger partial charge in [-0.25, -0.2) is 0 Å². The van der Waals surface area contributed by atoms with E-state index in [4.69, 9.17) is 9.47 Å². The number of ketones is 1. The second-order valence-corrected chi connectivity index (χ2v) is 6.54. The van der Waals surface area contributed by atoms with Crippen LogP contribution in [-0.2, 0) is 23.9 Å². The average molecular weight is 376 g/mol. The molecule has 150 valence electrons. The Morgan fingerprint density at radius 2 is 1.58 bits per heavy atom. The Morgan fingerprint density at radius 3 is 2.08 bits per heavy atom. The molecule has 0 aromatic carbocycles. The molecule has 0 saturated carbocycles. The number of hydrogen-bond acceptors (Lipinski definition) is 8. The fraction of sp³-hybridized carbons (Fsp3) is 0.812. The van der Waals surface area contributed by atoms with Crippen molar-refractivity contribution in [2.45, 2.75) is 83.5 Å². The molecule has 1 fully saturated rings. The topological polar surface area (TPSA) is 154 Å². The molecule has 1 saturated heterocycles. The second-order valence-electron chi connectivity index (χ2n) is 6.54. The molecule has 0 spiro atoms. The molecule has 0 aromatic rings. The van der Waals surface area contributed by atoms with Crippen molar-refractivity contribution in [3.05, 3.63) is 0 Å². The average Bonchev–Trinajstić information content (AvgIpc) is 2.54. The summed E-state index contributed by atoms with van der Waals surface area (Å²) in [5.74, 6) is -1.37. The maximum absolute atomic E-state index is 12.1. The van der Waals surface area contributed by atoms with Crippen LogP contribution in [0.1, 0.15) is 34.6 Å². The third kappa shape index (κ3) is 5.71. The highest BCUT2D eigenvalue weighted by Crippen LogP contribution is 2.23. The van der Waals surface area contributed by atoms with Gasteiger partial charge in [-0.3, -0.25) is 14.4 Å². The van der Waals surface area contributed by atoms with Crippen LogP contribution in [0.25, 0.3) is 0 Å². The van der Waals surface area contributed by atoms with Crippen molar-refractivity contribution in [1.82, 2.24) is 10.6 Å². The van der Waals surface area contributed by atoms with Crippen molar-refractivity contribution < 1.29 is 39.2 Å². The monoisotopic (exact) mass is 376 g/mol. The van der Waals surface area contributed by atoms with Crippen LogP contribution < -0.4 is 10.6 Å². The summed E-state index contributed by atoms with van der Waals surface area (Å²) in [5, 5.41) is 34.4. The summed E-state index contributed by atoms with van der Waals surface area (Å²) in [6, 6.07) is -1.91. The van der Waals surface area contributed by atoms with Gasteiger partial charge in [-0.2, -0.15) is 0 Å². The SMILES string of the molecule is CC(=O)N[C@@H](C)C(=O)N[C@H](C(C)=O)C(C)O[C@@H]1OC(C)[C@@H](O)C(O)C1O. The molecule has 0 aliphatic carbocycles. The van der Waals surface area contributed by atoms with Gasteiger partial charge in [-0.1, -0.05) is 0 Å². The molecule has 1 aliphatic heterocycles. The van der Waals surface area contributed by atoms with E-state index < -0.39 is 66.5 Å². The molecule has 1 heterocycles. The Morgan fingerprint density at radius 1 is 1.00 bits per heavy atom. The van der Waals surface area contributed by atoms with Gasteiger partial charge in [-0.05, 0) is 27.7 Å². The van der Waals surface area contributed by atoms with E-state index >= 15 is 0 Å². The van der Waals surface area contributed by atoms with Crippen molar-refractivity contribution in [3.63, 3.8) is 0 Å². The lowest BCUT2D eigenvalue weighted by Crippen LogP contribution is -2.60. The highest BCUT2D eigenvalue weighted by molar-refractivity contribution is 5.91.